The summed E-state index contributed by atoms with van der Waals surface area (Å²) < 4.78 is 28.1. The molecule has 0 aliphatic heterocycles. The number of nitrogens with zero attached hydrogens (tertiary/aromatic N) is 2. The van der Waals surface area contributed by atoms with Crippen LogP contribution in [0.4, 0.5) is 8.78 Å². The Labute approximate surface area is 106 Å². The lowest BCUT2D eigenvalue weighted by Crippen LogP contribution is -1.98. The molecule has 0 radical (unpaired) electrons. The Kier molecular flexibility index (Phi) is 3.19. The summed E-state index contributed by atoms with van der Waals surface area (Å²) in [5.41, 5.74) is 0.507. The van der Waals surface area contributed by atoms with Crippen LogP contribution in [0.3, 0.4) is 0 Å². The van der Waals surface area contributed by atoms with E-state index in [4.69, 9.17) is 0 Å². The van der Waals surface area contributed by atoms with Crippen molar-refractivity contribution in [2.75, 3.05) is 0 Å². The van der Waals surface area contributed by atoms with Crippen LogP contribution in [0.1, 0.15) is 11.4 Å². The number of rotatable bonds is 1. The van der Waals surface area contributed by atoms with Crippen LogP contribution in [0.2, 0.25) is 0 Å². The third kappa shape index (κ3) is 2.34. The van der Waals surface area contributed by atoms with Gasteiger partial charge in [-0.2, -0.15) is 0 Å². The maximum absolute atomic E-state index is 13.9. The van der Waals surface area contributed by atoms with Crippen molar-refractivity contribution in [2.24, 2.45) is 0 Å². The number of hydrogen-bond acceptors (Lipinski definition) is 2. The molecule has 88 valence electrons. The van der Waals surface area contributed by atoms with Crippen LogP contribution in [0.25, 0.3) is 11.3 Å². The number of hydrogen-bond donors (Lipinski definition) is 0. The Hall–Kier alpha value is -1.36. The van der Waals surface area contributed by atoms with E-state index in [1.807, 2.05) is 0 Å². The van der Waals surface area contributed by atoms with E-state index in [1.54, 1.807) is 13.8 Å². The Balaban J connectivity index is 2.72. The van der Waals surface area contributed by atoms with E-state index in [0.717, 1.165) is 0 Å². The molecule has 17 heavy (non-hydrogen) atoms. The largest absolute Gasteiger partial charge is 0.233 e. The summed E-state index contributed by atoms with van der Waals surface area (Å²) in [6, 6.07) is 4.13. The highest BCUT2D eigenvalue weighted by Crippen LogP contribution is 2.27. The summed E-state index contributed by atoms with van der Waals surface area (Å²) in [5.74, 6) is -0.761. The van der Waals surface area contributed by atoms with E-state index in [1.165, 1.54) is 18.2 Å². The van der Waals surface area contributed by atoms with Crippen molar-refractivity contribution in [1.29, 1.82) is 0 Å². The predicted octanol–water partition coefficient (Wildman–Crippen LogP) is 3.80. The minimum absolute atomic E-state index is 0.115. The first-order valence-corrected chi connectivity index (χ1v) is 5.74. The zero-order valence-electron chi connectivity index (χ0n) is 9.26. The van der Waals surface area contributed by atoms with Gasteiger partial charge in [-0.3, -0.25) is 0 Å². The monoisotopic (exact) mass is 298 g/mol. The van der Waals surface area contributed by atoms with Gasteiger partial charge in [0, 0.05) is 0 Å². The van der Waals surface area contributed by atoms with Gasteiger partial charge < -0.3 is 0 Å². The molecule has 5 heteroatoms. The molecule has 0 saturated heterocycles. The first-order valence-electron chi connectivity index (χ1n) is 4.95. The van der Waals surface area contributed by atoms with Gasteiger partial charge in [0.15, 0.2) is 0 Å². The summed E-state index contributed by atoms with van der Waals surface area (Å²) >= 11 is 3.18. The first-order chi connectivity index (χ1) is 7.99. The van der Waals surface area contributed by atoms with Crippen molar-refractivity contribution >= 4 is 15.9 Å². The van der Waals surface area contributed by atoms with Crippen molar-refractivity contribution in [1.82, 2.24) is 9.97 Å². The normalized spacial score (nSPS) is 10.6. The molecule has 0 aliphatic carbocycles. The smallest absolute Gasteiger partial charge is 0.138 e. The minimum atomic E-state index is -0.627. The van der Waals surface area contributed by atoms with Crippen LogP contribution in [0.15, 0.2) is 22.8 Å². The van der Waals surface area contributed by atoms with Gasteiger partial charge >= 0.3 is 0 Å². The molecular formula is C12H9BrF2N2. The molecule has 0 unspecified atom stereocenters. The third-order valence-electron chi connectivity index (χ3n) is 2.35. The number of halogens is 3. The lowest BCUT2D eigenvalue weighted by Gasteiger charge is -2.07. The fourth-order valence-electron chi connectivity index (χ4n) is 1.55. The summed E-state index contributed by atoms with van der Waals surface area (Å²) in [4.78, 5) is 8.05. The molecule has 0 saturated carbocycles. The average molecular weight is 299 g/mol. The lowest BCUT2D eigenvalue weighted by molar-refractivity contribution is 0.582. The standard InChI is InChI=1S/C12H9BrF2N2/c1-6-3-4-8(14)11(12(6)15)9-5-10(13)17-7(2)16-9/h3-5H,1-2H3. The molecule has 1 aromatic carbocycles. The van der Waals surface area contributed by atoms with E-state index in [-0.39, 0.29) is 11.3 Å². The summed E-state index contributed by atoms with van der Waals surface area (Å²) in [7, 11) is 0. The Morgan fingerprint density at radius 2 is 1.82 bits per heavy atom. The molecule has 0 aliphatic rings. The highest BCUT2D eigenvalue weighted by atomic mass is 79.9. The molecule has 0 amide bonds. The quantitative estimate of drug-likeness (QED) is 0.748. The molecule has 0 N–H and O–H groups in total. The van der Waals surface area contributed by atoms with Crippen molar-refractivity contribution in [3.63, 3.8) is 0 Å². The zero-order valence-corrected chi connectivity index (χ0v) is 10.8. The van der Waals surface area contributed by atoms with E-state index in [2.05, 4.69) is 25.9 Å². The van der Waals surface area contributed by atoms with Gasteiger partial charge in [0.05, 0.1) is 11.3 Å². The molecule has 1 heterocycles. The van der Waals surface area contributed by atoms with Crippen LogP contribution in [0, 0.1) is 25.5 Å². The van der Waals surface area contributed by atoms with Crippen LogP contribution in [-0.2, 0) is 0 Å². The van der Waals surface area contributed by atoms with Crippen molar-refractivity contribution in [3.05, 3.63) is 45.8 Å². The van der Waals surface area contributed by atoms with Gasteiger partial charge in [-0.05, 0) is 47.5 Å². The van der Waals surface area contributed by atoms with E-state index in [9.17, 15) is 8.78 Å². The highest BCUT2D eigenvalue weighted by molar-refractivity contribution is 9.10. The molecule has 2 nitrogen and oxygen atoms in total. The van der Waals surface area contributed by atoms with Crippen LogP contribution in [-0.4, -0.2) is 9.97 Å². The number of aryl methyl sites for hydroxylation is 2. The van der Waals surface area contributed by atoms with Gasteiger partial charge in [0.1, 0.15) is 22.1 Å². The Bertz CT molecular complexity index is 565. The third-order valence-corrected chi connectivity index (χ3v) is 2.75. The molecule has 2 rings (SSSR count). The van der Waals surface area contributed by atoms with Gasteiger partial charge in [0.25, 0.3) is 0 Å². The average Bonchev–Trinajstić information content (AvgIpc) is 2.23. The topological polar surface area (TPSA) is 25.8 Å². The van der Waals surface area contributed by atoms with Crippen LogP contribution in [0.5, 0.6) is 0 Å². The first kappa shape index (κ1) is 12.1. The van der Waals surface area contributed by atoms with Crippen LogP contribution < -0.4 is 0 Å². The van der Waals surface area contributed by atoms with Crippen LogP contribution >= 0.6 is 15.9 Å². The second-order valence-electron chi connectivity index (χ2n) is 3.68. The maximum atomic E-state index is 13.9. The summed E-state index contributed by atoms with van der Waals surface area (Å²) in [6.07, 6.45) is 0. The SMILES string of the molecule is Cc1nc(Br)cc(-c2c(F)ccc(C)c2F)n1. The van der Waals surface area contributed by atoms with Crippen molar-refractivity contribution in [2.45, 2.75) is 13.8 Å². The van der Waals surface area contributed by atoms with Gasteiger partial charge in [-0.1, -0.05) is 6.07 Å². The van der Waals surface area contributed by atoms with E-state index < -0.39 is 11.6 Å². The molecule has 0 bridgehead atoms. The van der Waals surface area contributed by atoms with E-state index in [0.29, 0.717) is 16.0 Å². The summed E-state index contributed by atoms with van der Waals surface area (Å²) in [6.45, 7) is 3.25. The molecule has 0 atom stereocenters. The second-order valence-corrected chi connectivity index (χ2v) is 4.49. The zero-order chi connectivity index (χ0) is 12.6. The highest BCUT2D eigenvalue weighted by Gasteiger charge is 2.15. The van der Waals surface area contributed by atoms with Crippen molar-refractivity contribution in [3.8, 4) is 11.3 Å². The second kappa shape index (κ2) is 4.49. The minimum Gasteiger partial charge on any atom is -0.233 e. The molecule has 1 aromatic heterocycles. The molecule has 0 fully saturated rings. The van der Waals surface area contributed by atoms with Crippen molar-refractivity contribution < 1.29 is 8.78 Å². The molecule has 2 aromatic rings. The fraction of sp³-hybridized carbons (Fsp3) is 0.167. The molecule has 0 spiro atoms. The number of aromatic nitrogens is 2. The number of benzene rings is 1. The van der Waals surface area contributed by atoms with Gasteiger partial charge in [-0.15, -0.1) is 0 Å². The van der Waals surface area contributed by atoms with Gasteiger partial charge in [-0.25, -0.2) is 18.7 Å². The fourth-order valence-corrected chi connectivity index (χ4v) is 2.02. The Morgan fingerprint density at radius 3 is 2.47 bits per heavy atom. The van der Waals surface area contributed by atoms with Gasteiger partial charge in [0.2, 0.25) is 0 Å². The maximum Gasteiger partial charge on any atom is 0.138 e. The lowest BCUT2D eigenvalue weighted by atomic mass is 10.1. The predicted molar refractivity (Wildman–Crippen MR) is 64.6 cm³/mol. The summed E-state index contributed by atoms with van der Waals surface area (Å²) in [5, 5.41) is 0. The Morgan fingerprint density at radius 1 is 1.12 bits per heavy atom. The molecular weight excluding hydrogens is 290 g/mol. The van der Waals surface area contributed by atoms with E-state index >= 15 is 0 Å².